The number of sulfone groups is 1. The molecule has 0 aromatic heterocycles. The monoisotopic (exact) mass is 341 g/mol. The van der Waals surface area contributed by atoms with E-state index in [1.807, 2.05) is 13.8 Å². The standard InChI is InChI=1S/C16H23NO5S/c1-3-5-11-23(21,22)13-9-7-12(8-10-13)15(18)17-14(6-4-2)16(19)20/h7-10,14H,3-6,11H2,1-2H3,(H,17,18)(H,19,20). The third-order valence-electron chi connectivity index (χ3n) is 3.42. The minimum Gasteiger partial charge on any atom is -0.480 e. The lowest BCUT2D eigenvalue weighted by Crippen LogP contribution is -2.40. The Balaban J connectivity index is 2.83. The Morgan fingerprint density at radius 3 is 2.22 bits per heavy atom. The Kier molecular flexibility index (Phi) is 7.22. The molecular formula is C16H23NO5S. The second-order valence-electron chi connectivity index (χ2n) is 5.35. The number of nitrogens with one attached hydrogen (secondary N) is 1. The lowest BCUT2D eigenvalue weighted by molar-refractivity contribution is -0.139. The lowest BCUT2D eigenvalue weighted by Gasteiger charge is -2.13. The zero-order chi connectivity index (χ0) is 17.5. The summed E-state index contributed by atoms with van der Waals surface area (Å²) in [4.78, 5) is 23.3. The maximum absolute atomic E-state index is 12.0. The van der Waals surface area contributed by atoms with E-state index in [1.165, 1.54) is 24.3 Å². The Bertz CT molecular complexity index is 637. The van der Waals surface area contributed by atoms with Gasteiger partial charge in [-0.15, -0.1) is 0 Å². The minimum atomic E-state index is -3.34. The van der Waals surface area contributed by atoms with Gasteiger partial charge in [0.25, 0.3) is 5.91 Å². The topological polar surface area (TPSA) is 101 Å². The van der Waals surface area contributed by atoms with E-state index >= 15 is 0 Å². The number of carboxylic acids is 1. The van der Waals surface area contributed by atoms with Crippen LogP contribution in [0, 0.1) is 0 Å². The van der Waals surface area contributed by atoms with Crippen molar-refractivity contribution in [2.75, 3.05) is 5.75 Å². The number of carbonyl (C=O) groups is 2. The molecular weight excluding hydrogens is 318 g/mol. The Morgan fingerprint density at radius 1 is 1.13 bits per heavy atom. The average molecular weight is 341 g/mol. The van der Waals surface area contributed by atoms with Gasteiger partial charge in [-0.1, -0.05) is 26.7 Å². The maximum Gasteiger partial charge on any atom is 0.326 e. The summed E-state index contributed by atoms with van der Waals surface area (Å²) in [5, 5.41) is 11.5. The average Bonchev–Trinajstić information content (AvgIpc) is 2.52. The van der Waals surface area contributed by atoms with Crippen molar-refractivity contribution in [1.82, 2.24) is 5.32 Å². The largest absolute Gasteiger partial charge is 0.480 e. The van der Waals surface area contributed by atoms with Crippen LogP contribution in [-0.2, 0) is 14.6 Å². The van der Waals surface area contributed by atoms with Gasteiger partial charge >= 0.3 is 5.97 Å². The number of amides is 1. The molecule has 0 radical (unpaired) electrons. The van der Waals surface area contributed by atoms with Crippen LogP contribution in [0.15, 0.2) is 29.2 Å². The van der Waals surface area contributed by atoms with Crippen molar-refractivity contribution in [3.63, 3.8) is 0 Å². The van der Waals surface area contributed by atoms with E-state index in [0.717, 1.165) is 6.42 Å². The third-order valence-corrected chi connectivity index (χ3v) is 5.24. The van der Waals surface area contributed by atoms with Crippen molar-refractivity contribution < 1.29 is 23.1 Å². The van der Waals surface area contributed by atoms with Crippen LogP contribution in [-0.4, -0.2) is 37.2 Å². The first-order valence-corrected chi connectivity index (χ1v) is 9.33. The predicted octanol–water partition coefficient (Wildman–Crippen LogP) is 2.24. The highest BCUT2D eigenvalue weighted by Crippen LogP contribution is 2.14. The second-order valence-corrected chi connectivity index (χ2v) is 7.46. The SMILES string of the molecule is CCCCS(=O)(=O)c1ccc(C(=O)NC(CCC)C(=O)O)cc1. The molecule has 0 saturated carbocycles. The smallest absolute Gasteiger partial charge is 0.326 e. The number of aliphatic carboxylic acids is 1. The molecule has 1 aromatic rings. The van der Waals surface area contributed by atoms with E-state index in [9.17, 15) is 18.0 Å². The number of carbonyl (C=O) groups excluding carboxylic acids is 1. The van der Waals surface area contributed by atoms with Gasteiger partial charge in [0, 0.05) is 5.56 Å². The van der Waals surface area contributed by atoms with Gasteiger partial charge in [-0.05, 0) is 37.1 Å². The number of hydrogen-bond acceptors (Lipinski definition) is 4. The Morgan fingerprint density at radius 2 is 1.74 bits per heavy atom. The first-order valence-electron chi connectivity index (χ1n) is 7.68. The van der Waals surface area contributed by atoms with Crippen molar-refractivity contribution in [3.8, 4) is 0 Å². The van der Waals surface area contributed by atoms with Gasteiger partial charge in [0.15, 0.2) is 9.84 Å². The predicted molar refractivity (Wildman–Crippen MR) is 87.2 cm³/mol. The number of unbranched alkanes of at least 4 members (excludes halogenated alkanes) is 1. The fraction of sp³-hybridized carbons (Fsp3) is 0.500. The van der Waals surface area contributed by atoms with E-state index in [1.54, 1.807) is 0 Å². The number of benzene rings is 1. The lowest BCUT2D eigenvalue weighted by atomic mass is 10.1. The van der Waals surface area contributed by atoms with Gasteiger partial charge in [-0.3, -0.25) is 4.79 Å². The summed E-state index contributed by atoms with van der Waals surface area (Å²) < 4.78 is 24.1. The summed E-state index contributed by atoms with van der Waals surface area (Å²) in [6.07, 6.45) is 2.34. The first kappa shape index (κ1) is 19.2. The molecule has 0 aliphatic heterocycles. The second kappa shape index (κ2) is 8.67. The highest BCUT2D eigenvalue weighted by molar-refractivity contribution is 7.91. The Hall–Kier alpha value is -1.89. The van der Waals surface area contributed by atoms with Crippen LogP contribution in [0.3, 0.4) is 0 Å². The summed E-state index contributed by atoms with van der Waals surface area (Å²) in [5.41, 5.74) is 0.238. The van der Waals surface area contributed by atoms with Crippen molar-refractivity contribution >= 4 is 21.7 Å². The van der Waals surface area contributed by atoms with Crippen molar-refractivity contribution in [1.29, 1.82) is 0 Å². The molecule has 1 aromatic carbocycles. The first-order chi connectivity index (χ1) is 10.8. The number of hydrogen-bond donors (Lipinski definition) is 2. The summed E-state index contributed by atoms with van der Waals surface area (Å²) >= 11 is 0. The molecule has 2 N–H and O–H groups in total. The molecule has 0 saturated heterocycles. The molecule has 128 valence electrons. The van der Waals surface area contributed by atoms with Crippen LogP contribution in [0.25, 0.3) is 0 Å². The van der Waals surface area contributed by atoms with E-state index in [-0.39, 0.29) is 16.2 Å². The van der Waals surface area contributed by atoms with E-state index in [4.69, 9.17) is 5.11 Å². The zero-order valence-corrected chi connectivity index (χ0v) is 14.2. The van der Waals surface area contributed by atoms with Crippen LogP contribution >= 0.6 is 0 Å². The van der Waals surface area contributed by atoms with Crippen molar-refractivity contribution in [2.45, 2.75) is 50.5 Å². The molecule has 6 nitrogen and oxygen atoms in total. The molecule has 0 fully saturated rings. The molecule has 1 amide bonds. The summed E-state index contributed by atoms with van der Waals surface area (Å²) in [7, 11) is -3.34. The highest BCUT2D eigenvalue weighted by atomic mass is 32.2. The highest BCUT2D eigenvalue weighted by Gasteiger charge is 2.20. The zero-order valence-electron chi connectivity index (χ0n) is 13.4. The molecule has 1 rings (SSSR count). The number of carboxylic acid groups (broad SMARTS) is 1. The summed E-state index contributed by atoms with van der Waals surface area (Å²) in [5.74, 6) is -1.53. The van der Waals surface area contributed by atoms with E-state index in [2.05, 4.69) is 5.32 Å². The van der Waals surface area contributed by atoms with Crippen LogP contribution < -0.4 is 5.32 Å². The minimum absolute atomic E-state index is 0.0760. The summed E-state index contributed by atoms with van der Waals surface area (Å²) in [6, 6.07) is 4.63. The van der Waals surface area contributed by atoms with E-state index in [0.29, 0.717) is 19.3 Å². The molecule has 0 heterocycles. The van der Waals surface area contributed by atoms with Gasteiger partial charge in [-0.25, -0.2) is 13.2 Å². The van der Waals surface area contributed by atoms with Crippen LogP contribution in [0.5, 0.6) is 0 Å². The van der Waals surface area contributed by atoms with Gasteiger partial charge in [-0.2, -0.15) is 0 Å². The summed E-state index contributed by atoms with van der Waals surface area (Å²) in [6.45, 7) is 3.75. The molecule has 0 spiro atoms. The van der Waals surface area contributed by atoms with E-state index < -0.39 is 27.8 Å². The molecule has 0 bridgehead atoms. The van der Waals surface area contributed by atoms with Crippen molar-refractivity contribution in [3.05, 3.63) is 29.8 Å². The quantitative estimate of drug-likeness (QED) is 0.717. The fourth-order valence-electron chi connectivity index (χ4n) is 2.05. The molecule has 23 heavy (non-hydrogen) atoms. The van der Waals surface area contributed by atoms with Crippen LogP contribution in [0.4, 0.5) is 0 Å². The van der Waals surface area contributed by atoms with Gasteiger partial charge < -0.3 is 10.4 Å². The maximum atomic E-state index is 12.0. The van der Waals surface area contributed by atoms with Crippen molar-refractivity contribution in [2.24, 2.45) is 0 Å². The molecule has 1 atom stereocenters. The molecule has 1 unspecified atom stereocenters. The number of rotatable bonds is 9. The van der Waals surface area contributed by atoms with Gasteiger partial charge in [0.05, 0.1) is 10.6 Å². The molecule has 0 aliphatic rings. The Labute approximate surface area is 136 Å². The van der Waals surface area contributed by atoms with Crippen LogP contribution in [0.2, 0.25) is 0 Å². The molecule has 0 aliphatic carbocycles. The van der Waals surface area contributed by atoms with Gasteiger partial charge in [0.1, 0.15) is 6.04 Å². The normalized spacial score (nSPS) is 12.6. The van der Waals surface area contributed by atoms with Gasteiger partial charge in [0.2, 0.25) is 0 Å². The third kappa shape index (κ3) is 5.67. The molecule has 7 heteroatoms. The fourth-order valence-corrected chi connectivity index (χ4v) is 3.51. The van der Waals surface area contributed by atoms with Crippen LogP contribution in [0.1, 0.15) is 49.9 Å².